The van der Waals surface area contributed by atoms with Crippen LogP contribution in [0.15, 0.2) is 76.1 Å². The van der Waals surface area contributed by atoms with E-state index in [1.807, 2.05) is 49.4 Å². The summed E-state index contributed by atoms with van der Waals surface area (Å²) in [5.74, 6) is 0.563. The highest BCUT2D eigenvalue weighted by atomic mass is 16.6. The van der Waals surface area contributed by atoms with Crippen LogP contribution in [0.4, 0.5) is 11.4 Å². The first-order valence-corrected chi connectivity index (χ1v) is 8.35. The van der Waals surface area contributed by atoms with Crippen molar-refractivity contribution in [3.05, 3.63) is 88.0 Å². The normalized spacial score (nSPS) is 11.3. The Morgan fingerprint density at radius 1 is 1.07 bits per heavy atom. The number of nitro groups is 1. The third-order valence-electron chi connectivity index (χ3n) is 4.08. The van der Waals surface area contributed by atoms with Gasteiger partial charge in [-0.2, -0.15) is 0 Å². The zero-order chi connectivity index (χ0) is 18.8. The molecule has 132 valence electrons. The maximum atomic E-state index is 10.9. The molecule has 0 fully saturated rings. The topological polar surface area (TPSA) is 81.5 Å². The number of rotatable bonds is 4. The molecule has 0 amide bonds. The van der Waals surface area contributed by atoms with Crippen molar-refractivity contribution in [3.63, 3.8) is 0 Å². The molecule has 0 saturated carbocycles. The molecule has 6 heteroatoms. The van der Waals surface area contributed by atoms with E-state index in [4.69, 9.17) is 4.42 Å². The smallest absolute Gasteiger partial charge is 0.270 e. The number of fused-ring (bicyclic) bond motifs is 1. The minimum atomic E-state index is -0.425. The molecule has 3 aromatic carbocycles. The van der Waals surface area contributed by atoms with Gasteiger partial charge in [0.15, 0.2) is 5.58 Å². The van der Waals surface area contributed by atoms with Crippen LogP contribution in [0.25, 0.3) is 22.6 Å². The third-order valence-corrected chi connectivity index (χ3v) is 4.08. The van der Waals surface area contributed by atoms with E-state index in [1.165, 1.54) is 12.1 Å². The van der Waals surface area contributed by atoms with E-state index in [0.717, 1.165) is 11.1 Å². The van der Waals surface area contributed by atoms with Gasteiger partial charge in [-0.3, -0.25) is 15.1 Å². The largest absolute Gasteiger partial charge is 0.436 e. The summed E-state index contributed by atoms with van der Waals surface area (Å²) in [5.41, 5.74) is 4.84. The Kier molecular flexibility index (Phi) is 4.22. The Hall–Kier alpha value is -3.80. The third kappa shape index (κ3) is 3.59. The van der Waals surface area contributed by atoms with Gasteiger partial charge in [-0.25, -0.2) is 4.98 Å². The van der Waals surface area contributed by atoms with E-state index in [0.29, 0.717) is 28.2 Å². The van der Waals surface area contributed by atoms with Gasteiger partial charge in [-0.05, 0) is 42.8 Å². The second kappa shape index (κ2) is 6.84. The van der Waals surface area contributed by atoms with Crippen molar-refractivity contribution in [2.75, 3.05) is 0 Å². The highest BCUT2D eigenvalue weighted by molar-refractivity contribution is 5.85. The summed E-state index contributed by atoms with van der Waals surface area (Å²) in [6.07, 6.45) is 1.59. The van der Waals surface area contributed by atoms with Crippen LogP contribution in [0.2, 0.25) is 0 Å². The quantitative estimate of drug-likeness (QED) is 0.276. The monoisotopic (exact) mass is 357 g/mol. The Balaban J connectivity index is 1.64. The molecular weight excluding hydrogens is 342 g/mol. The zero-order valence-electron chi connectivity index (χ0n) is 14.5. The predicted octanol–water partition coefficient (Wildman–Crippen LogP) is 5.46. The Morgan fingerprint density at radius 2 is 1.93 bits per heavy atom. The minimum absolute atomic E-state index is 0.0358. The van der Waals surface area contributed by atoms with E-state index in [-0.39, 0.29) is 5.69 Å². The van der Waals surface area contributed by atoms with Crippen molar-refractivity contribution >= 4 is 28.7 Å². The average Bonchev–Trinajstić information content (AvgIpc) is 3.10. The molecule has 0 radical (unpaired) electrons. The molecular formula is C21H15N3O3. The highest BCUT2D eigenvalue weighted by Crippen LogP contribution is 2.27. The summed E-state index contributed by atoms with van der Waals surface area (Å²) in [6, 6.07) is 19.8. The van der Waals surface area contributed by atoms with Gasteiger partial charge in [0.2, 0.25) is 5.89 Å². The van der Waals surface area contributed by atoms with E-state index in [9.17, 15) is 10.1 Å². The number of hydrogen-bond donors (Lipinski definition) is 0. The van der Waals surface area contributed by atoms with Gasteiger partial charge in [0.05, 0.1) is 10.6 Å². The predicted molar refractivity (Wildman–Crippen MR) is 105 cm³/mol. The molecule has 0 unspecified atom stereocenters. The van der Waals surface area contributed by atoms with Gasteiger partial charge in [0, 0.05) is 23.9 Å². The fourth-order valence-corrected chi connectivity index (χ4v) is 2.77. The van der Waals surface area contributed by atoms with Crippen molar-refractivity contribution in [1.29, 1.82) is 0 Å². The molecule has 0 aliphatic heterocycles. The summed E-state index contributed by atoms with van der Waals surface area (Å²) in [7, 11) is 0. The molecule has 1 heterocycles. The van der Waals surface area contributed by atoms with Crippen LogP contribution in [-0.2, 0) is 0 Å². The first-order chi connectivity index (χ1) is 13.1. The fraction of sp³-hybridized carbons (Fsp3) is 0.0476. The number of oxazole rings is 1. The van der Waals surface area contributed by atoms with Crippen LogP contribution < -0.4 is 0 Å². The van der Waals surface area contributed by atoms with Gasteiger partial charge in [0.1, 0.15) is 5.52 Å². The summed E-state index contributed by atoms with van der Waals surface area (Å²) >= 11 is 0. The van der Waals surface area contributed by atoms with E-state index < -0.39 is 4.92 Å². The highest BCUT2D eigenvalue weighted by Gasteiger charge is 2.09. The van der Waals surface area contributed by atoms with Crippen LogP contribution in [0.5, 0.6) is 0 Å². The van der Waals surface area contributed by atoms with Crippen LogP contribution in [-0.4, -0.2) is 16.1 Å². The van der Waals surface area contributed by atoms with Gasteiger partial charge in [-0.1, -0.05) is 29.8 Å². The first-order valence-electron chi connectivity index (χ1n) is 8.35. The summed E-state index contributed by atoms with van der Waals surface area (Å²) < 4.78 is 5.83. The first kappa shape index (κ1) is 16.7. The molecule has 4 aromatic rings. The summed E-state index contributed by atoms with van der Waals surface area (Å²) in [6.45, 7) is 2.02. The zero-order valence-corrected chi connectivity index (χ0v) is 14.5. The Bertz CT molecular complexity index is 1180. The van der Waals surface area contributed by atoms with E-state index in [1.54, 1.807) is 18.3 Å². The molecule has 0 saturated heterocycles. The summed E-state index contributed by atoms with van der Waals surface area (Å²) in [5, 5.41) is 10.9. The number of non-ortho nitro benzene ring substituents is 1. The van der Waals surface area contributed by atoms with E-state index >= 15 is 0 Å². The maximum Gasteiger partial charge on any atom is 0.270 e. The molecule has 6 nitrogen and oxygen atoms in total. The van der Waals surface area contributed by atoms with E-state index in [2.05, 4.69) is 9.98 Å². The Labute approximate surface area is 155 Å². The molecule has 0 spiro atoms. The van der Waals surface area contributed by atoms with Gasteiger partial charge in [-0.15, -0.1) is 0 Å². The summed E-state index contributed by atoms with van der Waals surface area (Å²) in [4.78, 5) is 19.4. The van der Waals surface area contributed by atoms with Crippen LogP contribution in [0.1, 0.15) is 11.1 Å². The second-order valence-corrected chi connectivity index (χ2v) is 6.15. The van der Waals surface area contributed by atoms with Crippen molar-refractivity contribution < 1.29 is 9.34 Å². The van der Waals surface area contributed by atoms with Crippen LogP contribution >= 0.6 is 0 Å². The Morgan fingerprint density at radius 3 is 2.74 bits per heavy atom. The molecule has 4 rings (SSSR count). The molecule has 0 atom stereocenters. The lowest BCUT2D eigenvalue weighted by atomic mass is 10.1. The molecule has 0 N–H and O–H groups in total. The van der Waals surface area contributed by atoms with Crippen molar-refractivity contribution in [3.8, 4) is 11.5 Å². The molecule has 0 aliphatic carbocycles. The number of aromatic nitrogens is 1. The molecule has 0 aliphatic rings. The lowest BCUT2D eigenvalue weighted by molar-refractivity contribution is -0.384. The number of aryl methyl sites for hydroxylation is 1. The molecule has 0 bridgehead atoms. The number of hydrogen-bond acceptors (Lipinski definition) is 5. The molecule has 27 heavy (non-hydrogen) atoms. The fourth-order valence-electron chi connectivity index (χ4n) is 2.77. The number of benzene rings is 3. The van der Waals surface area contributed by atoms with Crippen LogP contribution in [0.3, 0.4) is 0 Å². The minimum Gasteiger partial charge on any atom is -0.436 e. The van der Waals surface area contributed by atoms with Crippen molar-refractivity contribution in [1.82, 2.24) is 4.98 Å². The molecule has 1 aromatic heterocycles. The number of nitrogens with zero attached hydrogens (tertiary/aromatic N) is 3. The lowest BCUT2D eigenvalue weighted by Crippen LogP contribution is -1.89. The van der Waals surface area contributed by atoms with Gasteiger partial charge >= 0.3 is 0 Å². The van der Waals surface area contributed by atoms with Gasteiger partial charge in [0.25, 0.3) is 5.69 Å². The second-order valence-electron chi connectivity index (χ2n) is 6.15. The van der Waals surface area contributed by atoms with Crippen molar-refractivity contribution in [2.45, 2.75) is 6.92 Å². The van der Waals surface area contributed by atoms with Crippen molar-refractivity contribution in [2.24, 2.45) is 4.99 Å². The van der Waals surface area contributed by atoms with Gasteiger partial charge < -0.3 is 4.42 Å². The average molecular weight is 357 g/mol. The SMILES string of the molecule is Cc1cccc(-c2nc3cc(N=Cc4cccc([N+](=O)[O-])c4)ccc3o2)c1. The maximum absolute atomic E-state index is 10.9. The number of nitro benzene ring substituents is 1. The number of aliphatic imine (C=N–C) groups is 1. The van der Waals surface area contributed by atoms with Crippen LogP contribution in [0, 0.1) is 17.0 Å². The lowest BCUT2D eigenvalue weighted by Gasteiger charge is -1.95. The standard InChI is InChI=1S/C21H15N3O3/c1-14-4-2-6-16(10-14)21-23-19-12-17(8-9-20(19)27-21)22-13-15-5-3-7-18(11-15)24(25)26/h2-13H,1H3.